The van der Waals surface area contributed by atoms with E-state index >= 15 is 0 Å². The van der Waals surface area contributed by atoms with E-state index in [1.54, 1.807) is 6.92 Å². The van der Waals surface area contributed by atoms with Gasteiger partial charge in [-0.05, 0) is 6.92 Å². The lowest BCUT2D eigenvalue weighted by atomic mass is 10.4. The summed E-state index contributed by atoms with van der Waals surface area (Å²) in [6.07, 6.45) is 2.20. The topological polar surface area (TPSA) is 44.8 Å². The molecule has 0 aliphatic rings. The highest BCUT2D eigenvalue weighted by Gasteiger charge is 2.05. The van der Waals surface area contributed by atoms with Crippen molar-refractivity contribution in [1.29, 1.82) is 0 Å². The molecule has 0 N–H and O–H groups in total. The molecule has 0 amide bonds. The molecule has 0 heterocycles. The van der Waals surface area contributed by atoms with E-state index in [0.29, 0.717) is 19.8 Å². The summed E-state index contributed by atoms with van der Waals surface area (Å²) in [6, 6.07) is 0. The molecule has 14 heavy (non-hydrogen) atoms. The maximum atomic E-state index is 10.7. The van der Waals surface area contributed by atoms with Crippen LogP contribution in [0.5, 0.6) is 0 Å². The summed E-state index contributed by atoms with van der Waals surface area (Å²) < 4.78 is 14.9. The zero-order valence-corrected chi connectivity index (χ0v) is 8.40. The molecule has 0 radical (unpaired) electrons. The minimum Gasteiger partial charge on any atom is -0.499 e. The van der Waals surface area contributed by atoms with E-state index in [0.717, 1.165) is 6.08 Å². The highest BCUT2D eigenvalue weighted by Crippen LogP contribution is 1.93. The largest absolute Gasteiger partial charge is 0.499 e. The van der Waals surface area contributed by atoms with Gasteiger partial charge in [0.1, 0.15) is 12.7 Å². The average molecular weight is 200 g/mol. The summed E-state index contributed by atoms with van der Waals surface area (Å²) in [5, 5.41) is 0. The van der Waals surface area contributed by atoms with Gasteiger partial charge in [-0.3, -0.25) is 0 Å². The van der Waals surface area contributed by atoms with Crippen molar-refractivity contribution in [3.63, 3.8) is 0 Å². The van der Waals surface area contributed by atoms with Gasteiger partial charge in [-0.2, -0.15) is 0 Å². The number of rotatable bonds is 8. The minimum absolute atomic E-state index is 0.274. The third kappa shape index (κ3) is 7.36. The van der Waals surface area contributed by atoms with Crippen LogP contribution in [0.25, 0.3) is 0 Å². The molecule has 0 aromatic carbocycles. The van der Waals surface area contributed by atoms with Gasteiger partial charge in [-0.15, -0.1) is 0 Å². The van der Waals surface area contributed by atoms with E-state index in [4.69, 9.17) is 14.2 Å². The Hall–Kier alpha value is -1.29. The van der Waals surface area contributed by atoms with Crippen molar-refractivity contribution in [1.82, 2.24) is 0 Å². The lowest BCUT2D eigenvalue weighted by Crippen LogP contribution is -2.20. The standard InChI is InChI=1S/C10H16O4/c1-4-10(11)14-9(3)8-13-7-6-12-5-2/h4-5,9H,1-2,6-8H2,3H3. The maximum Gasteiger partial charge on any atom is 0.330 e. The lowest BCUT2D eigenvalue weighted by Gasteiger charge is -2.11. The molecule has 0 fully saturated rings. The Labute approximate surface area is 84.1 Å². The van der Waals surface area contributed by atoms with Crippen LogP contribution in [0.3, 0.4) is 0 Å². The SMILES string of the molecule is C=COCCOCC(C)OC(=O)C=C. The van der Waals surface area contributed by atoms with Gasteiger partial charge in [0.25, 0.3) is 0 Å². The highest BCUT2D eigenvalue weighted by molar-refractivity contribution is 5.81. The summed E-state index contributed by atoms with van der Waals surface area (Å²) >= 11 is 0. The van der Waals surface area contributed by atoms with Crippen molar-refractivity contribution >= 4 is 5.97 Å². The molecule has 0 aromatic rings. The number of esters is 1. The second kappa shape index (κ2) is 8.31. The molecule has 0 aliphatic heterocycles. The summed E-state index contributed by atoms with van der Waals surface area (Å²) in [6.45, 7) is 9.66. The summed E-state index contributed by atoms with van der Waals surface area (Å²) in [5.74, 6) is -0.441. The number of carbonyl (C=O) groups excluding carboxylic acids is 1. The van der Waals surface area contributed by atoms with Gasteiger partial charge in [-0.25, -0.2) is 4.79 Å². The van der Waals surface area contributed by atoms with Crippen molar-refractivity contribution in [2.75, 3.05) is 19.8 Å². The molecule has 80 valence electrons. The molecule has 0 aromatic heterocycles. The normalized spacial score (nSPS) is 11.5. The zero-order chi connectivity index (χ0) is 10.8. The van der Waals surface area contributed by atoms with Gasteiger partial charge >= 0.3 is 5.97 Å². The predicted molar refractivity (Wildman–Crippen MR) is 52.7 cm³/mol. The molecule has 4 heteroatoms. The maximum absolute atomic E-state index is 10.7. The second-order valence-electron chi connectivity index (χ2n) is 2.56. The molecule has 0 rings (SSSR count). The van der Waals surface area contributed by atoms with Crippen LogP contribution in [0.1, 0.15) is 6.92 Å². The third-order valence-corrected chi connectivity index (χ3v) is 1.30. The average Bonchev–Trinajstić information content (AvgIpc) is 2.17. The molecule has 0 spiro atoms. The quantitative estimate of drug-likeness (QED) is 0.256. The van der Waals surface area contributed by atoms with E-state index in [1.165, 1.54) is 6.26 Å². The Bertz CT molecular complexity index is 189. The van der Waals surface area contributed by atoms with Crippen LogP contribution in [-0.2, 0) is 19.0 Å². The highest BCUT2D eigenvalue weighted by atomic mass is 16.6. The van der Waals surface area contributed by atoms with Gasteiger partial charge in [-0.1, -0.05) is 13.2 Å². The molecule has 0 bridgehead atoms. The summed E-state index contributed by atoms with van der Waals surface area (Å²) in [7, 11) is 0. The van der Waals surface area contributed by atoms with E-state index in [-0.39, 0.29) is 6.10 Å². The second-order valence-corrected chi connectivity index (χ2v) is 2.56. The van der Waals surface area contributed by atoms with Crippen LogP contribution >= 0.6 is 0 Å². The smallest absolute Gasteiger partial charge is 0.330 e. The number of ether oxygens (including phenoxy) is 3. The molecule has 0 aliphatic carbocycles. The monoisotopic (exact) mass is 200 g/mol. The van der Waals surface area contributed by atoms with Crippen LogP contribution in [0.2, 0.25) is 0 Å². The number of hydrogen-bond donors (Lipinski definition) is 0. The fourth-order valence-corrected chi connectivity index (χ4v) is 0.720. The van der Waals surface area contributed by atoms with Crippen LogP contribution in [0.4, 0.5) is 0 Å². The lowest BCUT2D eigenvalue weighted by molar-refractivity contribution is -0.145. The van der Waals surface area contributed by atoms with Gasteiger partial charge < -0.3 is 14.2 Å². The first-order valence-corrected chi connectivity index (χ1v) is 4.34. The Balaban J connectivity index is 3.34. The molecule has 1 atom stereocenters. The number of hydrogen-bond acceptors (Lipinski definition) is 4. The third-order valence-electron chi connectivity index (χ3n) is 1.30. The first-order chi connectivity index (χ1) is 6.70. The molecule has 0 saturated carbocycles. The Morgan fingerprint density at radius 2 is 2.14 bits per heavy atom. The van der Waals surface area contributed by atoms with Crippen molar-refractivity contribution in [2.24, 2.45) is 0 Å². The van der Waals surface area contributed by atoms with E-state index < -0.39 is 5.97 Å². The van der Waals surface area contributed by atoms with E-state index in [2.05, 4.69) is 13.2 Å². The fourth-order valence-electron chi connectivity index (χ4n) is 0.720. The van der Waals surface area contributed by atoms with Crippen LogP contribution in [0, 0.1) is 0 Å². The molecule has 0 saturated heterocycles. The molecular formula is C10H16O4. The van der Waals surface area contributed by atoms with Crippen molar-refractivity contribution in [2.45, 2.75) is 13.0 Å². The fraction of sp³-hybridized carbons (Fsp3) is 0.500. The Kier molecular flexibility index (Phi) is 7.55. The first-order valence-electron chi connectivity index (χ1n) is 4.34. The molecule has 4 nitrogen and oxygen atoms in total. The van der Waals surface area contributed by atoms with Crippen LogP contribution in [-0.4, -0.2) is 31.9 Å². The van der Waals surface area contributed by atoms with Gasteiger partial charge in [0.05, 0.1) is 19.5 Å². The van der Waals surface area contributed by atoms with Gasteiger partial charge in [0.2, 0.25) is 0 Å². The van der Waals surface area contributed by atoms with Crippen molar-refractivity contribution < 1.29 is 19.0 Å². The number of carbonyl (C=O) groups is 1. The van der Waals surface area contributed by atoms with Crippen molar-refractivity contribution in [3.05, 3.63) is 25.5 Å². The van der Waals surface area contributed by atoms with Crippen LogP contribution in [0.15, 0.2) is 25.5 Å². The van der Waals surface area contributed by atoms with Gasteiger partial charge in [0, 0.05) is 6.08 Å². The summed E-state index contributed by atoms with van der Waals surface area (Å²) in [4.78, 5) is 10.7. The Morgan fingerprint density at radius 3 is 2.71 bits per heavy atom. The minimum atomic E-state index is -0.441. The Morgan fingerprint density at radius 1 is 1.43 bits per heavy atom. The summed E-state index contributed by atoms with van der Waals surface area (Å²) in [5.41, 5.74) is 0. The van der Waals surface area contributed by atoms with E-state index in [9.17, 15) is 4.79 Å². The van der Waals surface area contributed by atoms with E-state index in [1.807, 2.05) is 0 Å². The molecule has 1 unspecified atom stereocenters. The predicted octanol–water partition coefficient (Wildman–Crippen LogP) is 1.28. The van der Waals surface area contributed by atoms with Gasteiger partial charge in [0.15, 0.2) is 0 Å². The van der Waals surface area contributed by atoms with Crippen LogP contribution < -0.4 is 0 Å². The first kappa shape index (κ1) is 12.7. The zero-order valence-electron chi connectivity index (χ0n) is 8.40. The molecular weight excluding hydrogens is 184 g/mol. The van der Waals surface area contributed by atoms with Crippen molar-refractivity contribution in [3.8, 4) is 0 Å².